The molecule has 0 rings (SSSR count). The van der Waals surface area contributed by atoms with Crippen molar-refractivity contribution in [2.45, 2.75) is 39.8 Å². The molecule has 0 aromatic rings. The first-order valence-corrected chi connectivity index (χ1v) is 4.68. The average molecular weight is 188 g/mol. The Kier molecular flexibility index (Phi) is 5.46. The van der Waals surface area contributed by atoms with Gasteiger partial charge in [-0.25, -0.2) is 4.79 Å². The standard InChI is InChI=1S/C9H20N2O2/c1-7(2)10-5-6-11(8(3)4)9(12)13/h7-8,10H,5-6H2,1-4H3,(H,12,13). The van der Waals surface area contributed by atoms with E-state index in [-0.39, 0.29) is 6.04 Å². The minimum absolute atomic E-state index is 0.0477. The molecule has 0 aliphatic heterocycles. The van der Waals surface area contributed by atoms with Crippen LogP contribution in [0.15, 0.2) is 0 Å². The summed E-state index contributed by atoms with van der Waals surface area (Å²) in [6.07, 6.45) is -0.847. The molecular formula is C9H20N2O2. The fourth-order valence-electron chi connectivity index (χ4n) is 1.05. The van der Waals surface area contributed by atoms with Crippen LogP contribution < -0.4 is 5.32 Å². The van der Waals surface area contributed by atoms with Crippen LogP contribution in [0.5, 0.6) is 0 Å². The molecule has 1 amide bonds. The number of rotatable bonds is 5. The zero-order chi connectivity index (χ0) is 10.4. The summed E-state index contributed by atoms with van der Waals surface area (Å²) in [7, 11) is 0. The molecule has 0 heterocycles. The Morgan fingerprint density at radius 3 is 2.23 bits per heavy atom. The molecule has 4 nitrogen and oxygen atoms in total. The van der Waals surface area contributed by atoms with E-state index >= 15 is 0 Å². The summed E-state index contributed by atoms with van der Waals surface area (Å²) in [6, 6.07) is 0.453. The van der Waals surface area contributed by atoms with E-state index in [0.29, 0.717) is 19.1 Å². The van der Waals surface area contributed by atoms with Crippen LogP contribution in [0.4, 0.5) is 4.79 Å². The van der Waals surface area contributed by atoms with Gasteiger partial charge >= 0.3 is 6.09 Å². The van der Waals surface area contributed by atoms with Gasteiger partial charge in [-0.1, -0.05) is 13.8 Å². The fraction of sp³-hybridized carbons (Fsp3) is 0.889. The molecule has 0 aliphatic rings. The van der Waals surface area contributed by atoms with Crippen LogP contribution in [-0.2, 0) is 0 Å². The number of hydrogen-bond acceptors (Lipinski definition) is 2. The van der Waals surface area contributed by atoms with Crippen molar-refractivity contribution in [3.05, 3.63) is 0 Å². The van der Waals surface area contributed by atoms with E-state index in [0.717, 1.165) is 0 Å². The lowest BCUT2D eigenvalue weighted by Gasteiger charge is -2.23. The highest BCUT2D eigenvalue weighted by Crippen LogP contribution is 1.97. The molecule has 0 radical (unpaired) electrons. The number of nitrogens with one attached hydrogen (secondary N) is 1. The first kappa shape index (κ1) is 12.2. The topological polar surface area (TPSA) is 52.6 Å². The lowest BCUT2D eigenvalue weighted by Crippen LogP contribution is -2.41. The van der Waals surface area contributed by atoms with Crippen molar-refractivity contribution in [1.82, 2.24) is 10.2 Å². The second kappa shape index (κ2) is 5.80. The van der Waals surface area contributed by atoms with Gasteiger partial charge in [-0.15, -0.1) is 0 Å². The van der Waals surface area contributed by atoms with Gasteiger partial charge < -0.3 is 15.3 Å². The molecule has 0 fully saturated rings. The van der Waals surface area contributed by atoms with E-state index in [1.54, 1.807) is 0 Å². The normalized spacial score (nSPS) is 10.9. The molecule has 0 unspecified atom stereocenters. The highest BCUT2D eigenvalue weighted by Gasteiger charge is 2.14. The lowest BCUT2D eigenvalue weighted by molar-refractivity contribution is 0.132. The van der Waals surface area contributed by atoms with Crippen LogP contribution in [0, 0.1) is 0 Å². The van der Waals surface area contributed by atoms with Gasteiger partial charge in [0.25, 0.3) is 0 Å². The molecule has 13 heavy (non-hydrogen) atoms. The third kappa shape index (κ3) is 5.47. The van der Waals surface area contributed by atoms with E-state index in [4.69, 9.17) is 5.11 Å². The lowest BCUT2D eigenvalue weighted by atomic mass is 10.3. The van der Waals surface area contributed by atoms with Crippen LogP contribution in [0.1, 0.15) is 27.7 Å². The Hall–Kier alpha value is -0.770. The van der Waals surface area contributed by atoms with E-state index in [2.05, 4.69) is 5.32 Å². The van der Waals surface area contributed by atoms with E-state index in [9.17, 15) is 4.79 Å². The maximum Gasteiger partial charge on any atom is 0.407 e. The van der Waals surface area contributed by atoms with E-state index in [1.165, 1.54) is 4.90 Å². The largest absolute Gasteiger partial charge is 0.465 e. The second-order valence-corrected chi connectivity index (χ2v) is 3.68. The van der Waals surface area contributed by atoms with Gasteiger partial charge in [-0.2, -0.15) is 0 Å². The minimum atomic E-state index is -0.847. The first-order chi connectivity index (χ1) is 5.95. The van der Waals surface area contributed by atoms with Gasteiger partial charge in [0.05, 0.1) is 0 Å². The van der Waals surface area contributed by atoms with Gasteiger partial charge in [0, 0.05) is 25.2 Å². The average Bonchev–Trinajstić information content (AvgIpc) is 1.95. The minimum Gasteiger partial charge on any atom is -0.465 e. The van der Waals surface area contributed by atoms with Gasteiger partial charge in [-0.3, -0.25) is 0 Å². The summed E-state index contributed by atoms with van der Waals surface area (Å²) in [5.74, 6) is 0. The van der Waals surface area contributed by atoms with Crippen molar-refractivity contribution in [2.75, 3.05) is 13.1 Å². The van der Waals surface area contributed by atoms with Gasteiger partial charge in [0.1, 0.15) is 0 Å². The molecule has 0 spiro atoms. The highest BCUT2D eigenvalue weighted by molar-refractivity contribution is 5.65. The molecule has 0 aromatic carbocycles. The zero-order valence-electron chi connectivity index (χ0n) is 8.87. The van der Waals surface area contributed by atoms with Crippen molar-refractivity contribution in [2.24, 2.45) is 0 Å². The Balaban J connectivity index is 3.77. The van der Waals surface area contributed by atoms with Crippen molar-refractivity contribution in [1.29, 1.82) is 0 Å². The number of hydrogen-bond donors (Lipinski definition) is 2. The summed E-state index contributed by atoms with van der Waals surface area (Å²) in [6.45, 7) is 9.10. The molecule has 4 heteroatoms. The second-order valence-electron chi connectivity index (χ2n) is 3.68. The Morgan fingerprint density at radius 1 is 1.38 bits per heavy atom. The van der Waals surface area contributed by atoms with Gasteiger partial charge in [-0.05, 0) is 13.8 Å². The maximum absolute atomic E-state index is 10.7. The smallest absolute Gasteiger partial charge is 0.407 e. The summed E-state index contributed by atoms with van der Waals surface area (Å²) >= 11 is 0. The fourth-order valence-corrected chi connectivity index (χ4v) is 1.05. The highest BCUT2D eigenvalue weighted by atomic mass is 16.4. The third-order valence-corrected chi connectivity index (χ3v) is 1.77. The number of carboxylic acid groups (broad SMARTS) is 1. The summed E-state index contributed by atoms with van der Waals surface area (Å²) < 4.78 is 0. The molecule has 0 aromatic heterocycles. The molecule has 0 aliphatic carbocycles. The van der Waals surface area contributed by atoms with Gasteiger partial charge in [0.2, 0.25) is 0 Å². The number of carbonyl (C=O) groups is 1. The molecule has 2 N–H and O–H groups in total. The SMILES string of the molecule is CC(C)NCCN(C(=O)O)C(C)C. The Bertz CT molecular complexity index is 158. The van der Waals surface area contributed by atoms with Crippen molar-refractivity contribution >= 4 is 6.09 Å². The van der Waals surface area contributed by atoms with Crippen molar-refractivity contribution in [3.8, 4) is 0 Å². The van der Waals surface area contributed by atoms with Crippen molar-refractivity contribution in [3.63, 3.8) is 0 Å². The molecule has 0 bridgehead atoms. The van der Waals surface area contributed by atoms with E-state index in [1.807, 2.05) is 27.7 Å². The summed E-state index contributed by atoms with van der Waals surface area (Å²) in [5, 5.41) is 12.0. The van der Waals surface area contributed by atoms with Crippen LogP contribution in [0.3, 0.4) is 0 Å². The molecule has 0 saturated carbocycles. The number of amides is 1. The van der Waals surface area contributed by atoms with Crippen LogP contribution >= 0.6 is 0 Å². The zero-order valence-corrected chi connectivity index (χ0v) is 8.87. The van der Waals surface area contributed by atoms with Gasteiger partial charge in [0.15, 0.2) is 0 Å². The molecule has 78 valence electrons. The van der Waals surface area contributed by atoms with Crippen molar-refractivity contribution < 1.29 is 9.90 Å². The summed E-state index contributed by atoms with van der Waals surface area (Å²) in [5.41, 5.74) is 0. The summed E-state index contributed by atoms with van der Waals surface area (Å²) in [4.78, 5) is 12.1. The van der Waals surface area contributed by atoms with Crippen LogP contribution in [-0.4, -0.2) is 41.3 Å². The van der Waals surface area contributed by atoms with Crippen LogP contribution in [0.25, 0.3) is 0 Å². The number of nitrogens with zero attached hydrogens (tertiary/aromatic N) is 1. The first-order valence-electron chi connectivity index (χ1n) is 4.68. The Labute approximate surface area is 79.9 Å². The molecule has 0 atom stereocenters. The molecular weight excluding hydrogens is 168 g/mol. The maximum atomic E-state index is 10.7. The Morgan fingerprint density at radius 2 is 1.92 bits per heavy atom. The quantitative estimate of drug-likeness (QED) is 0.685. The predicted molar refractivity (Wildman–Crippen MR) is 53.0 cm³/mol. The van der Waals surface area contributed by atoms with E-state index < -0.39 is 6.09 Å². The predicted octanol–water partition coefficient (Wildman–Crippen LogP) is 1.37. The monoisotopic (exact) mass is 188 g/mol. The third-order valence-electron chi connectivity index (χ3n) is 1.77. The van der Waals surface area contributed by atoms with Crippen LogP contribution in [0.2, 0.25) is 0 Å². The molecule has 0 saturated heterocycles.